The SMILES string of the molecule is C=CC(C#N)=CC#N. The van der Waals surface area contributed by atoms with Crippen LogP contribution < -0.4 is 0 Å². The van der Waals surface area contributed by atoms with Crippen molar-refractivity contribution in [2.24, 2.45) is 0 Å². The zero-order valence-electron chi connectivity index (χ0n) is 4.26. The van der Waals surface area contributed by atoms with Gasteiger partial charge in [0, 0.05) is 6.08 Å². The summed E-state index contributed by atoms with van der Waals surface area (Å²) in [5.74, 6) is 0. The van der Waals surface area contributed by atoms with Crippen molar-refractivity contribution in [3.8, 4) is 12.1 Å². The summed E-state index contributed by atoms with van der Waals surface area (Å²) in [6.45, 7) is 3.31. The maximum atomic E-state index is 8.12. The van der Waals surface area contributed by atoms with Crippen molar-refractivity contribution >= 4 is 0 Å². The van der Waals surface area contributed by atoms with Gasteiger partial charge in [-0.15, -0.1) is 0 Å². The first-order chi connectivity index (χ1) is 3.85. The van der Waals surface area contributed by atoms with Crippen LogP contribution in [0.2, 0.25) is 0 Å². The van der Waals surface area contributed by atoms with E-state index in [2.05, 4.69) is 6.58 Å². The Bertz CT molecular complexity index is 188. The summed E-state index contributed by atoms with van der Waals surface area (Å²) in [7, 11) is 0. The minimum atomic E-state index is 0.299. The molecule has 0 radical (unpaired) electrons. The van der Waals surface area contributed by atoms with Gasteiger partial charge in [-0.1, -0.05) is 12.7 Å². The molecule has 0 N–H and O–H groups in total. The van der Waals surface area contributed by atoms with Gasteiger partial charge >= 0.3 is 0 Å². The molecule has 0 saturated carbocycles. The fourth-order valence-corrected chi connectivity index (χ4v) is 0.206. The summed E-state index contributed by atoms with van der Waals surface area (Å²) < 4.78 is 0. The Morgan fingerprint density at radius 2 is 2.12 bits per heavy atom. The number of hydrogen-bond acceptors (Lipinski definition) is 2. The van der Waals surface area contributed by atoms with Gasteiger partial charge in [0.25, 0.3) is 0 Å². The highest BCUT2D eigenvalue weighted by Gasteiger charge is 1.80. The average molecular weight is 104 g/mol. The second kappa shape index (κ2) is 3.64. The highest BCUT2D eigenvalue weighted by molar-refractivity contribution is 5.35. The van der Waals surface area contributed by atoms with E-state index < -0.39 is 0 Å². The van der Waals surface area contributed by atoms with E-state index in [4.69, 9.17) is 10.5 Å². The molecule has 0 aliphatic rings. The fraction of sp³-hybridized carbons (Fsp3) is 0. The number of rotatable bonds is 1. The maximum absolute atomic E-state index is 8.12. The lowest BCUT2D eigenvalue weighted by Crippen LogP contribution is -1.64. The second-order valence-electron chi connectivity index (χ2n) is 1.04. The Labute approximate surface area is 48.0 Å². The Kier molecular flexibility index (Phi) is 2.94. The summed E-state index contributed by atoms with van der Waals surface area (Å²) in [6.07, 6.45) is 2.48. The highest BCUT2D eigenvalue weighted by Crippen LogP contribution is 1.88. The monoisotopic (exact) mass is 104 g/mol. The van der Waals surface area contributed by atoms with Crippen molar-refractivity contribution in [2.45, 2.75) is 0 Å². The van der Waals surface area contributed by atoms with Crippen molar-refractivity contribution < 1.29 is 0 Å². The van der Waals surface area contributed by atoms with Gasteiger partial charge in [-0.05, 0) is 0 Å². The van der Waals surface area contributed by atoms with Crippen LogP contribution in [0.3, 0.4) is 0 Å². The van der Waals surface area contributed by atoms with E-state index in [1.54, 1.807) is 12.1 Å². The van der Waals surface area contributed by atoms with Gasteiger partial charge in [0.05, 0.1) is 17.7 Å². The van der Waals surface area contributed by atoms with E-state index in [0.717, 1.165) is 6.08 Å². The minimum Gasteiger partial charge on any atom is -0.193 e. The van der Waals surface area contributed by atoms with Crippen molar-refractivity contribution in [1.82, 2.24) is 0 Å². The third kappa shape index (κ3) is 1.79. The van der Waals surface area contributed by atoms with Crippen LogP contribution in [0.25, 0.3) is 0 Å². The van der Waals surface area contributed by atoms with Gasteiger partial charge in [-0.2, -0.15) is 10.5 Å². The first kappa shape index (κ1) is 6.46. The zero-order valence-corrected chi connectivity index (χ0v) is 4.26. The van der Waals surface area contributed by atoms with E-state index in [9.17, 15) is 0 Å². The molecule has 8 heavy (non-hydrogen) atoms. The first-order valence-electron chi connectivity index (χ1n) is 1.97. The van der Waals surface area contributed by atoms with Gasteiger partial charge in [0.1, 0.15) is 0 Å². The zero-order chi connectivity index (χ0) is 6.41. The summed E-state index contributed by atoms with van der Waals surface area (Å²) >= 11 is 0. The van der Waals surface area contributed by atoms with Crippen LogP contribution in [-0.2, 0) is 0 Å². The molecule has 0 fully saturated rings. The molecule has 2 heteroatoms. The standard InChI is InChI=1S/C6H4N2/c1-2-6(5-8)3-4-7/h2-3H,1H2. The molecule has 0 aliphatic carbocycles. The molecule has 0 aromatic carbocycles. The number of hydrogen-bond donors (Lipinski definition) is 0. The molecule has 0 unspecified atom stereocenters. The summed E-state index contributed by atoms with van der Waals surface area (Å²) in [5.41, 5.74) is 0.299. The third-order valence-electron chi connectivity index (χ3n) is 0.569. The smallest absolute Gasteiger partial charge is 0.0998 e. The van der Waals surface area contributed by atoms with Gasteiger partial charge in [-0.25, -0.2) is 0 Å². The normalized spacial score (nSPS) is 9.00. The third-order valence-corrected chi connectivity index (χ3v) is 0.569. The maximum Gasteiger partial charge on any atom is 0.0998 e. The Morgan fingerprint density at radius 3 is 2.25 bits per heavy atom. The topological polar surface area (TPSA) is 47.6 Å². The van der Waals surface area contributed by atoms with Crippen molar-refractivity contribution in [2.75, 3.05) is 0 Å². The van der Waals surface area contributed by atoms with Gasteiger partial charge in [0.15, 0.2) is 0 Å². The lowest BCUT2D eigenvalue weighted by atomic mass is 10.3. The van der Waals surface area contributed by atoms with Crippen LogP contribution in [0.1, 0.15) is 0 Å². The molecule has 0 aromatic heterocycles. The number of nitrogens with zero attached hydrogens (tertiary/aromatic N) is 2. The van der Waals surface area contributed by atoms with E-state index >= 15 is 0 Å². The molecule has 2 nitrogen and oxygen atoms in total. The van der Waals surface area contributed by atoms with Gasteiger partial charge < -0.3 is 0 Å². The van der Waals surface area contributed by atoms with Crippen LogP contribution in [0, 0.1) is 22.7 Å². The molecule has 38 valence electrons. The summed E-state index contributed by atoms with van der Waals surface area (Å²) in [6, 6.07) is 3.49. The largest absolute Gasteiger partial charge is 0.193 e. The Morgan fingerprint density at radius 1 is 1.50 bits per heavy atom. The second-order valence-corrected chi connectivity index (χ2v) is 1.04. The molecule has 0 amide bonds. The lowest BCUT2D eigenvalue weighted by molar-refractivity contribution is 1.49. The van der Waals surface area contributed by atoms with Crippen LogP contribution in [0.4, 0.5) is 0 Å². The molecular formula is C6H4N2. The number of nitriles is 2. The van der Waals surface area contributed by atoms with Crippen LogP contribution in [0.5, 0.6) is 0 Å². The molecule has 0 bridgehead atoms. The molecule has 0 saturated heterocycles. The van der Waals surface area contributed by atoms with Crippen LogP contribution in [-0.4, -0.2) is 0 Å². The van der Waals surface area contributed by atoms with E-state index in [-0.39, 0.29) is 0 Å². The molecule has 0 rings (SSSR count). The van der Waals surface area contributed by atoms with E-state index in [0.29, 0.717) is 5.57 Å². The number of allylic oxidation sites excluding steroid dienone is 3. The highest BCUT2D eigenvalue weighted by atomic mass is 14.2. The van der Waals surface area contributed by atoms with Crippen molar-refractivity contribution in [3.63, 3.8) is 0 Å². The quantitative estimate of drug-likeness (QED) is 0.370. The van der Waals surface area contributed by atoms with Gasteiger partial charge in [0.2, 0.25) is 0 Å². The molecule has 0 atom stereocenters. The molecular weight excluding hydrogens is 100 g/mol. The summed E-state index contributed by atoms with van der Waals surface area (Å²) in [4.78, 5) is 0. The summed E-state index contributed by atoms with van der Waals surface area (Å²) in [5, 5.41) is 16.1. The van der Waals surface area contributed by atoms with Crippen LogP contribution in [0.15, 0.2) is 24.3 Å². The average Bonchev–Trinajstić information content (AvgIpc) is 1.83. The van der Waals surface area contributed by atoms with E-state index in [1.807, 2.05) is 0 Å². The minimum absolute atomic E-state index is 0.299. The molecule has 0 aliphatic heterocycles. The Balaban J connectivity index is 4.20. The predicted molar refractivity (Wildman–Crippen MR) is 29.5 cm³/mol. The molecule has 0 aromatic rings. The van der Waals surface area contributed by atoms with Crippen LogP contribution >= 0.6 is 0 Å². The lowest BCUT2D eigenvalue weighted by Gasteiger charge is -1.73. The van der Waals surface area contributed by atoms with Crippen molar-refractivity contribution in [3.05, 3.63) is 24.3 Å². The van der Waals surface area contributed by atoms with Crippen molar-refractivity contribution in [1.29, 1.82) is 10.5 Å². The molecule has 0 spiro atoms. The Hall–Kier alpha value is -1.54. The predicted octanol–water partition coefficient (Wildman–Crippen LogP) is 1.15. The van der Waals surface area contributed by atoms with Gasteiger partial charge in [-0.3, -0.25) is 0 Å². The molecule has 0 heterocycles. The first-order valence-corrected chi connectivity index (χ1v) is 1.97. The van der Waals surface area contributed by atoms with E-state index in [1.165, 1.54) is 6.08 Å². The fourth-order valence-electron chi connectivity index (χ4n) is 0.206.